The van der Waals surface area contributed by atoms with Gasteiger partial charge in [-0.2, -0.15) is 0 Å². The molecule has 1 heterocycles. The lowest BCUT2D eigenvalue weighted by atomic mass is 10.1. The highest BCUT2D eigenvalue weighted by molar-refractivity contribution is 5.17. The first-order chi connectivity index (χ1) is 5.13. The fourth-order valence-corrected chi connectivity index (χ4v) is 1.07. The van der Waals surface area contributed by atoms with Crippen molar-refractivity contribution in [1.29, 1.82) is 0 Å². The predicted molar refractivity (Wildman–Crippen MR) is 43.8 cm³/mol. The van der Waals surface area contributed by atoms with Crippen LogP contribution in [-0.4, -0.2) is 0 Å². The van der Waals surface area contributed by atoms with Crippen LogP contribution in [0.5, 0.6) is 0 Å². The molecule has 0 aliphatic heterocycles. The van der Waals surface area contributed by atoms with Gasteiger partial charge in [0.15, 0.2) is 5.43 Å². The van der Waals surface area contributed by atoms with Gasteiger partial charge >= 0.3 is 0 Å². The minimum atomic E-state index is 0.0555. The molecule has 0 unspecified atom stereocenters. The Kier molecular flexibility index (Phi) is 2.13. The van der Waals surface area contributed by atoms with E-state index < -0.39 is 0 Å². The molecule has 0 bridgehead atoms. The zero-order valence-corrected chi connectivity index (χ0v) is 7.05. The maximum absolute atomic E-state index is 11.1. The van der Waals surface area contributed by atoms with E-state index in [1.807, 2.05) is 13.8 Å². The molecule has 1 aromatic heterocycles. The summed E-state index contributed by atoms with van der Waals surface area (Å²) in [6.07, 6.45) is 1.45. The fourth-order valence-electron chi connectivity index (χ4n) is 1.07. The van der Waals surface area contributed by atoms with E-state index in [0.29, 0.717) is 0 Å². The third-order valence-electron chi connectivity index (χ3n) is 1.68. The molecular formula is C9H12O2. The van der Waals surface area contributed by atoms with Crippen LogP contribution in [-0.2, 0) is 0 Å². The van der Waals surface area contributed by atoms with Gasteiger partial charge in [0, 0.05) is 17.5 Å². The van der Waals surface area contributed by atoms with Crippen LogP contribution in [0.2, 0.25) is 0 Å². The minimum Gasteiger partial charge on any atom is -0.469 e. The van der Waals surface area contributed by atoms with Gasteiger partial charge in [0.25, 0.3) is 0 Å². The van der Waals surface area contributed by atoms with Crippen LogP contribution in [0.15, 0.2) is 21.5 Å². The van der Waals surface area contributed by atoms with Crippen molar-refractivity contribution >= 4 is 0 Å². The Morgan fingerprint density at radius 1 is 1.45 bits per heavy atom. The fraction of sp³-hybridized carbons (Fsp3) is 0.444. The summed E-state index contributed by atoms with van der Waals surface area (Å²) < 4.78 is 5.20. The SMILES string of the molecule is Cc1c(C(C)C)occc1=O. The van der Waals surface area contributed by atoms with E-state index in [-0.39, 0.29) is 11.3 Å². The highest BCUT2D eigenvalue weighted by Gasteiger charge is 2.07. The van der Waals surface area contributed by atoms with Crippen molar-refractivity contribution in [2.45, 2.75) is 26.7 Å². The Morgan fingerprint density at radius 3 is 2.55 bits per heavy atom. The van der Waals surface area contributed by atoms with Gasteiger partial charge in [0.05, 0.1) is 6.26 Å². The molecule has 0 aliphatic rings. The first-order valence-electron chi connectivity index (χ1n) is 3.71. The van der Waals surface area contributed by atoms with Gasteiger partial charge in [-0.25, -0.2) is 0 Å². The summed E-state index contributed by atoms with van der Waals surface area (Å²) in [6, 6.07) is 1.45. The molecule has 1 rings (SSSR count). The molecule has 0 aliphatic carbocycles. The van der Waals surface area contributed by atoms with E-state index >= 15 is 0 Å². The monoisotopic (exact) mass is 152 g/mol. The molecule has 0 aromatic carbocycles. The molecule has 0 fully saturated rings. The van der Waals surface area contributed by atoms with E-state index in [1.54, 1.807) is 6.92 Å². The highest BCUT2D eigenvalue weighted by Crippen LogP contribution is 2.14. The first-order valence-corrected chi connectivity index (χ1v) is 3.71. The second kappa shape index (κ2) is 2.91. The van der Waals surface area contributed by atoms with Gasteiger partial charge in [0.1, 0.15) is 5.76 Å². The quantitative estimate of drug-likeness (QED) is 0.616. The van der Waals surface area contributed by atoms with E-state index in [4.69, 9.17) is 4.42 Å². The van der Waals surface area contributed by atoms with Gasteiger partial charge in [-0.1, -0.05) is 13.8 Å². The normalized spacial score (nSPS) is 10.5. The molecule has 0 radical (unpaired) electrons. The topological polar surface area (TPSA) is 30.2 Å². The molecule has 0 saturated heterocycles. The van der Waals surface area contributed by atoms with Crippen molar-refractivity contribution in [2.24, 2.45) is 0 Å². The lowest BCUT2D eigenvalue weighted by molar-refractivity contribution is 0.463. The summed E-state index contributed by atoms with van der Waals surface area (Å²) in [5.41, 5.74) is 0.780. The van der Waals surface area contributed by atoms with Crippen molar-refractivity contribution in [3.63, 3.8) is 0 Å². The molecule has 0 N–H and O–H groups in total. The van der Waals surface area contributed by atoms with Gasteiger partial charge in [-0.3, -0.25) is 4.79 Å². The standard InChI is InChI=1S/C9H12O2/c1-6(2)9-7(3)8(10)4-5-11-9/h4-6H,1-3H3. The van der Waals surface area contributed by atoms with Crippen LogP contribution < -0.4 is 5.43 Å². The van der Waals surface area contributed by atoms with Crippen LogP contribution >= 0.6 is 0 Å². The van der Waals surface area contributed by atoms with Gasteiger partial charge in [0.2, 0.25) is 0 Å². The van der Waals surface area contributed by atoms with Gasteiger partial charge < -0.3 is 4.42 Å². The van der Waals surface area contributed by atoms with Crippen molar-refractivity contribution in [2.75, 3.05) is 0 Å². The molecule has 0 saturated carbocycles. The second-order valence-corrected chi connectivity index (χ2v) is 2.93. The van der Waals surface area contributed by atoms with E-state index in [1.165, 1.54) is 12.3 Å². The van der Waals surface area contributed by atoms with Crippen molar-refractivity contribution in [3.8, 4) is 0 Å². The third kappa shape index (κ3) is 1.50. The molecule has 0 spiro atoms. The van der Waals surface area contributed by atoms with Crippen LogP contribution in [0.4, 0.5) is 0 Å². The van der Waals surface area contributed by atoms with E-state index in [9.17, 15) is 4.79 Å². The first kappa shape index (κ1) is 8.05. The molecule has 2 heteroatoms. The summed E-state index contributed by atoms with van der Waals surface area (Å²) in [6.45, 7) is 5.80. The second-order valence-electron chi connectivity index (χ2n) is 2.93. The summed E-state index contributed by atoms with van der Waals surface area (Å²) >= 11 is 0. The zero-order valence-electron chi connectivity index (χ0n) is 7.05. The van der Waals surface area contributed by atoms with Crippen molar-refractivity contribution in [3.05, 3.63) is 33.9 Å². The largest absolute Gasteiger partial charge is 0.469 e. The zero-order chi connectivity index (χ0) is 8.43. The molecule has 11 heavy (non-hydrogen) atoms. The lowest BCUT2D eigenvalue weighted by Crippen LogP contribution is -2.06. The minimum absolute atomic E-state index is 0.0555. The Morgan fingerprint density at radius 2 is 2.09 bits per heavy atom. The van der Waals surface area contributed by atoms with Crippen molar-refractivity contribution in [1.82, 2.24) is 0 Å². The van der Waals surface area contributed by atoms with E-state index in [2.05, 4.69) is 0 Å². The van der Waals surface area contributed by atoms with Crippen LogP contribution in [0.25, 0.3) is 0 Å². The molecule has 0 atom stereocenters. The summed E-state index contributed by atoms with van der Waals surface area (Å²) in [5.74, 6) is 1.07. The Labute approximate surface area is 65.9 Å². The van der Waals surface area contributed by atoms with Gasteiger partial charge in [-0.05, 0) is 6.92 Å². The Balaban J connectivity index is 3.28. The summed E-state index contributed by atoms with van der Waals surface area (Å²) in [5, 5.41) is 0. The average molecular weight is 152 g/mol. The maximum atomic E-state index is 11.1. The lowest BCUT2D eigenvalue weighted by Gasteiger charge is -2.04. The van der Waals surface area contributed by atoms with Crippen molar-refractivity contribution < 1.29 is 4.42 Å². The predicted octanol–water partition coefficient (Wildman–Crippen LogP) is 2.07. The van der Waals surface area contributed by atoms with Gasteiger partial charge in [-0.15, -0.1) is 0 Å². The number of hydrogen-bond acceptors (Lipinski definition) is 2. The summed E-state index contributed by atoms with van der Waals surface area (Å²) in [4.78, 5) is 11.1. The van der Waals surface area contributed by atoms with E-state index in [0.717, 1.165) is 11.3 Å². The molecule has 2 nitrogen and oxygen atoms in total. The summed E-state index contributed by atoms with van der Waals surface area (Å²) in [7, 11) is 0. The number of rotatable bonds is 1. The number of hydrogen-bond donors (Lipinski definition) is 0. The molecule has 1 aromatic rings. The average Bonchev–Trinajstić information content (AvgIpc) is 1.94. The smallest absolute Gasteiger partial charge is 0.187 e. The Bertz CT molecular complexity index is 297. The third-order valence-corrected chi connectivity index (χ3v) is 1.68. The molecule has 60 valence electrons. The van der Waals surface area contributed by atoms with Crippen LogP contribution in [0, 0.1) is 6.92 Å². The van der Waals surface area contributed by atoms with Crippen LogP contribution in [0.3, 0.4) is 0 Å². The van der Waals surface area contributed by atoms with Crippen LogP contribution in [0.1, 0.15) is 31.1 Å². The molecule has 0 amide bonds. The Hall–Kier alpha value is -1.05. The highest BCUT2D eigenvalue weighted by atomic mass is 16.3. The molecular weight excluding hydrogens is 140 g/mol. The maximum Gasteiger partial charge on any atom is 0.187 e.